The van der Waals surface area contributed by atoms with Gasteiger partial charge >= 0.3 is 0 Å². The van der Waals surface area contributed by atoms with Gasteiger partial charge < -0.3 is 5.32 Å². The summed E-state index contributed by atoms with van der Waals surface area (Å²) in [4.78, 5) is 14.3. The molecule has 0 aromatic carbocycles. The average Bonchev–Trinajstić information content (AvgIpc) is 3.08. The van der Waals surface area contributed by atoms with Gasteiger partial charge in [-0.15, -0.1) is 11.3 Å². The van der Waals surface area contributed by atoms with E-state index in [2.05, 4.69) is 35.7 Å². The molecule has 2 unspecified atom stereocenters. The summed E-state index contributed by atoms with van der Waals surface area (Å²) in [6.07, 6.45) is 0. The van der Waals surface area contributed by atoms with Crippen molar-refractivity contribution in [1.82, 2.24) is 14.9 Å². The molecule has 8 heteroatoms. The number of rotatable bonds is 6. The molecule has 1 aromatic heterocycles. The zero-order chi connectivity index (χ0) is 16.3. The van der Waals surface area contributed by atoms with Crippen LogP contribution in [0.4, 0.5) is 0 Å². The Morgan fingerprint density at radius 2 is 2.18 bits per heavy atom. The first-order chi connectivity index (χ1) is 10.3. The number of sulfonamides is 1. The van der Waals surface area contributed by atoms with Gasteiger partial charge in [-0.1, -0.05) is 13.0 Å². The number of hydrogen-bond donors (Lipinski definition) is 2. The molecule has 0 bridgehead atoms. The third-order valence-corrected chi connectivity index (χ3v) is 6.70. The Kier molecular flexibility index (Phi) is 5.60. The van der Waals surface area contributed by atoms with Gasteiger partial charge in [-0.25, -0.2) is 13.1 Å². The molecule has 1 aromatic rings. The summed E-state index contributed by atoms with van der Waals surface area (Å²) in [5, 5.41) is 4.62. The van der Waals surface area contributed by atoms with Crippen molar-refractivity contribution >= 4 is 27.3 Å². The lowest BCUT2D eigenvalue weighted by Crippen LogP contribution is -2.45. The van der Waals surface area contributed by atoms with E-state index in [1.165, 1.54) is 6.07 Å². The molecule has 2 heterocycles. The Bertz CT molecular complexity index is 599. The lowest BCUT2D eigenvalue weighted by atomic mass is 10.1. The van der Waals surface area contributed by atoms with Crippen LogP contribution < -0.4 is 10.0 Å². The highest BCUT2D eigenvalue weighted by molar-refractivity contribution is 7.91. The van der Waals surface area contributed by atoms with Crippen molar-refractivity contribution in [2.75, 3.05) is 19.6 Å². The van der Waals surface area contributed by atoms with Crippen molar-refractivity contribution in [3.8, 4) is 0 Å². The zero-order valence-corrected chi connectivity index (χ0v) is 14.7. The molecule has 0 radical (unpaired) electrons. The van der Waals surface area contributed by atoms with Gasteiger partial charge in [0.15, 0.2) is 0 Å². The molecule has 1 saturated heterocycles. The molecule has 2 atom stereocenters. The highest BCUT2D eigenvalue weighted by atomic mass is 32.2. The van der Waals surface area contributed by atoms with E-state index in [1.54, 1.807) is 11.4 Å². The van der Waals surface area contributed by atoms with Crippen molar-refractivity contribution in [1.29, 1.82) is 0 Å². The van der Waals surface area contributed by atoms with Gasteiger partial charge in [0.05, 0.1) is 6.54 Å². The summed E-state index contributed by atoms with van der Waals surface area (Å²) < 4.78 is 26.5. The maximum absolute atomic E-state index is 12.0. The van der Waals surface area contributed by atoms with Gasteiger partial charge in [-0.2, -0.15) is 0 Å². The van der Waals surface area contributed by atoms with E-state index < -0.39 is 10.0 Å². The van der Waals surface area contributed by atoms with Gasteiger partial charge in [-0.3, -0.25) is 9.69 Å². The summed E-state index contributed by atoms with van der Waals surface area (Å²) in [6.45, 7) is 7.89. The van der Waals surface area contributed by atoms with Crippen LogP contribution in [0.15, 0.2) is 21.7 Å². The molecule has 0 aliphatic carbocycles. The molecule has 1 amide bonds. The minimum Gasteiger partial charge on any atom is -0.351 e. The zero-order valence-electron chi connectivity index (χ0n) is 13.1. The standard InChI is InChI=1S/C14H23N3O3S2/c1-10(2)17-8-11(3)12(9-17)16-13(18)7-15-22(19,20)14-5-4-6-21-14/h4-6,10-12,15H,7-9H2,1-3H3,(H,16,18). The summed E-state index contributed by atoms with van der Waals surface area (Å²) in [5.74, 6) is 0.0721. The van der Waals surface area contributed by atoms with Gasteiger partial charge in [0.25, 0.3) is 10.0 Å². The Labute approximate surface area is 135 Å². The second-order valence-corrected chi connectivity index (χ2v) is 8.90. The third-order valence-electron chi connectivity index (χ3n) is 3.90. The van der Waals surface area contributed by atoms with Crippen molar-refractivity contribution in [2.24, 2.45) is 5.92 Å². The number of carbonyl (C=O) groups excluding carboxylic acids is 1. The Balaban J connectivity index is 1.84. The van der Waals surface area contributed by atoms with Crippen molar-refractivity contribution in [3.05, 3.63) is 17.5 Å². The molecule has 2 rings (SSSR count). The lowest BCUT2D eigenvalue weighted by Gasteiger charge is -2.20. The Morgan fingerprint density at radius 3 is 2.73 bits per heavy atom. The summed E-state index contributed by atoms with van der Waals surface area (Å²) >= 11 is 1.13. The largest absolute Gasteiger partial charge is 0.351 e. The van der Waals surface area contributed by atoms with Crippen LogP contribution in [0.2, 0.25) is 0 Å². The molecular weight excluding hydrogens is 322 g/mol. The average molecular weight is 345 g/mol. The number of carbonyl (C=O) groups is 1. The fraction of sp³-hybridized carbons (Fsp3) is 0.643. The molecule has 1 aliphatic heterocycles. The van der Waals surface area contributed by atoms with Crippen molar-refractivity contribution in [3.63, 3.8) is 0 Å². The van der Waals surface area contributed by atoms with E-state index in [-0.39, 0.29) is 22.7 Å². The first-order valence-corrected chi connectivity index (χ1v) is 9.72. The van der Waals surface area contributed by atoms with Crippen LogP contribution in [0, 0.1) is 5.92 Å². The number of amides is 1. The monoisotopic (exact) mass is 345 g/mol. The van der Waals surface area contributed by atoms with E-state index in [4.69, 9.17) is 0 Å². The topological polar surface area (TPSA) is 78.5 Å². The van der Waals surface area contributed by atoms with Gasteiger partial charge in [0, 0.05) is 25.2 Å². The molecule has 1 fully saturated rings. The van der Waals surface area contributed by atoms with E-state index in [1.807, 2.05) is 0 Å². The summed E-state index contributed by atoms with van der Waals surface area (Å²) in [7, 11) is -3.59. The lowest BCUT2D eigenvalue weighted by molar-refractivity contribution is -0.120. The highest BCUT2D eigenvalue weighted by Gasteiger charge is 2.31. The van der Waals surface area contributed by atoms with E-state index >= 15 is 0 Å². The Morgan fingerprint density at radius 1 is 1.45 bits per heavy atom. The molecule has 2 N–H and O–H groups in total. The van der Waals surface area contributed by atoms with Gasteiger partial charge in [-0.05, 0) is 31.2 Å². The quantitative estimate of drug-likeness (QED) is 0.802. The molecule has 0 spiro atoms. The van der Waals surface area contributed by atoms with Crippen LogP contribution in [0.3, 0.4) is 0 Å². The maximum Gasteiger partial charge on any atom is 0.250 e. The molecule has 22 heavy (non-hydrogen) atoms. The van der Waals surface area contributed by atoms with E-state index in [9.17, 15) is 13.2 Å². The normalized spacial score (nSPS) is 23.1. The molecule has 124 valence electrons. The van der Waals surface area contributed by atoms with Crippen LogP contribution in [0.1, 0.15) is 20.8 Å². The highest BCUT2D eigenvalue weighted by Crippen LogP contribution is 2.18. The Hall–Kier alpha value is -0.960. The first-order valence-electron chi connectivity index (χ1n) is 7.36. The number of hydrogen-bond acceptors (Lipinski definition) is 5. The minimum absolute atomic E-state index is 0.0705. The van der Waals surface area contributed by atoms with Gasteiger partial charge in [0.1, 0.15) is 4.21 Å². The molecule has 0 saturated carbocycles. The van der Waals surface area contributed by atoms with Crippen LogP contribution in [0.25, 0.3) is 0 Å². The minimum atomic E-state index is -3.59. The maximum atomic E-state index is 12.0. The predicted octanol–water partition coefficient (Wildman–Crippen LogP) is 0.871. The predicted molar refractivity (Wildman–Crippen MR) is 87.3 cm³/mol. The van der Waals surface area contributed by atoms with Crippen LogP contribution in [0.5, 0.6) is 0 Å². The first kappa shape index (κ1) is 17.4. The van der Waals surface area contributed by atoms with Crippen LogP contribution >= 0.6 is 11.3 Å². The number of thiophene rings is 1. The van der Waals surface area contributed by atoms with Crippen molar-refractivity contribution < 1.29 is 13.2 Å². The number of nitrogens with zero attached hydrogens (tertiary/aromatic N) is 1. The fourth-order valence-electron chi connectivity index (χ4n) is 2.52. The SMILES string of the molecule is CC1CN(C(C)C)CC1NC(=O)CNS(=O)(=O)c1cccs1. The summed E-state index contributed by atoms with van der Waals surface area (Å²) in [6, 6.07) is 3.70. The number of likely N-dealkylation sites (tertiary alicyclic amines) is 1. The van der Waals surface area contributed by atoms with Gasteiger partial charge in [0.2, 0.25) is 5.91 Å². The molecule has 6 nitrogen and oxygen atoms in total. The van der Waals surface area contributed by atoms with E-state index in [0.717, 1.165) is 24.4 Å². The summed E-state index contributed by atoms with van der Waals surface area (Å²) in [5.41, 5.74) is 0. The smallest absolute Gasteiger partial charge is 0.250 e. The fourth-order valence-corrected chi connectivity index (χ4v) is 4.54. The number of nitrogens with one attached hydrogen (secondary N) is 2. The molecule has 1 aliphatic rings. The van der Waals surface area contributed by atoms with Crippen LogP contribution in [-0.2, 0) is 14.8 Å². The van der Waals surface area contributed by atoms with Crippen molar-refractivity contribution in [2.45, 2.75) is 37.1 Å². The second kappa shape index (κ2) is 7.08. The molecular formula is C14H23N3O3S2. The second-order valence-electron chi connectivity index (χ2n) is 5.96. The van der Waals surface area contributed by atoms with E-state index in [0.29, 0.717) is 12.0 Å². The third kappa shape index (κ3) is 4.28. The van der Waals surface area contributed by atoms with Crippen LogP contribution in [-0.4, -0.2) is 50.9 Å².